The molecule has 2 heterocycles. The maximum Gasteiger partial charge on any atom is 0.257 e. The van der Waals surface area contributed by atoms with Crippen LogP contribution < -0.4 is 0 Å². The number of hydrogen-bond acceptors (Lipinski definition) is 4. The molecule has 140 valence electrons. The smallest absolute Gasteiger partial charge is 0.257 e. The number of rotatable bonds is 3. The van der Waals surface area contributed by atoms with Crippen LogP contribution in [0.5, 0.6) is 0 Å². The molecule has 1 aliphatic heterocycles. The molecule has 0 N–H and O–H groups in total. The monoisotopic (exact) mass is 396 g/mol. The van der Waals surface area contributed by atoms with Crippen molar-refractivity contribution in [2.75, 3.05) is 26.2 Å². The van der Waals surface area contributed by atoms with Crippen LogP contribution >= 0.6 is 11.6 Å². The topological polar surface area (TPSA) is 75.5 Å². The average Bonchev–Trinajstić information content (AvgIpc) is 2.87. The van der Waals surface area contributed by atoms with E-state index >= 15 is 0 Å². The fourth-order valence-electron chi connectivity index (χ4n) is 3.13. The molecule has 0 unspecified atom stereocenters. The predicted molar refractivity (Wildman–Crippen MR) is 98.8 cm³/mol. The predicted octanol–water partition coefficient (Wildman–Crippen LogP) is 1.84. The van der Waals surface area contributed by atoms with Gasteiger partial charge in [0.25, 0.3) is 5.91 Å². The van der Waals surface area contributed by atoms with Crippen molar-refractivity contribution in [1.82, 2.24) is 19.0 Å². The Bertz CT molecular complexity index is 930. The van der Waals surface area contributed by atoms with Gasteiger partial charge < -0.3 is 4.90 Å². The summed E-state index contributed by atoms with van der Waals surface area (Å²) in [5.74, 6) is -0.100. The number of hydrogen-bond donors (Lipinski definition) is 0. The van der Waals surface area contributed by atoms with Gasteiger partial charge in [-0.1, -0.05) is 11.6 Å². The van der Waals surface area contributed by atoms with E-state index in [0.29, 0.717) is 29.4 Å². The second kappa shape index (κ2) is 7.02. The standard InChI is InChI=1S/C17H21ClN4O3S/c1-12-16(13(2)20(3)19-12)17(23)21-8-10-22(11-9-21)26(24,25)15-6-4-14(18)5-7-15/h4-7H,8-11H2,1-3H3. The molecule has 0 bridgehead atoms. The lowest BCUT2D eigenvalue weighted by atomic mass is 10.1. The summed E-state index contributed by atoms with van der Waals surface area (Å²) >= 11 is 5.83. The Morgan fingerprint density at radius 3 is 2.15 bits per heavy atom. The van der Waals surface area contributed by atoms with E-state index in [1.807, 2.05) is 13.8 Å². The van der Waals surface area contributed by atoms with Crippen molar-refractivity contribution < 1.29 is 13.2 Å². The number of benzene rings is 1. The number of carbonyl (C=O) groups is 1. The molecule has 1 aromatic heterocycles. The van der Waals surface area contributed by atoms with Gasteiger partial charge in [-0.3, -0.25) is 9.48 Å². The molecule has 1 aromatic carbocycles. The van der Waals surface area contributed by atoms with Gasteiger partial charge in [0.1, 0.15) is 0 Å². The minimum atomic E-state index is -3.58. The number of sulfonamides is 1. The lowest BCUT2D eigenvalue weighted by Crippen LogP contribution is -2.50. The first kappa shape index (κ1) is 18.9. The van der Waals surface area contributed by atoms with Crippen molar-refractivity contribution in [3.05, 3.63) is 46.2 Å². The van der Waals surface area contributed by atoms with E-state index in [1.165, 1.54) is 16.4 Å². The summed E-state index contributed by atoms with van der Waals surface area (Å²) in [6, 6.07) is 6.11. The molecule has 0 spiro atoms. The molecule has 26 heavy (non-hydrogen) atoms. The Hall–Kier alpha value is -1.90. The minimum absolute atomic E-state index is 0.100. The molecule has 1 aliphatic rings. The minimum Gasteiger partial charge on any atom is -0.336 e. The second-order valence-electron chi connectivity index (χ2n) is 6.32. The van der Waals surface area contributed by atoms with Crippen molar-refractivity contribution in [3.63, 3.8) is 0 Å². The molecular weight excluding hydrogens is 376 g/mol. The van der Waals surface area contributed by atoms with Crippen LogP contribution in [0.3, 0.4) is 0 Å². The summed E-state index contributed by atoms with van der Waals surface area (Å²) in [4.78, 5) is 14.7. The number of amides is 1. The average molecular weight is 397 g/mol. The van der Waals surface area contributed by atoms with Crippen molar-refractivity contribution in [1.29, 1.82) is 0 Å². The zero-order valence-electron chi connectivity index (χ0n) is 14.9. The summed E-state index contributed by atoms with van der Waals surface area (Å²) in [7, 11) is -1.78. The van der Waals surface area contributed by atoms with E-state index in [-0.39, 0.29) is 23.9 Å². The largest absolute Gasteiger partial charge is 0.336 e. The molecule has 1 saturated heterocycles. The normalized spacial score (nSPS) is 16.1. The zero-order valence-corrected chi connectivity index (χ0v) is 16.5. The Balaban J connectivity index is 1.73. The number of piperazine rings is 1. The number of nitrogens with zero attached hydrogens (tertiary/aromatic N) is 4. The molecule has 0 atom stereocenters. The van der Waals surface area contributed by atoms with E-state index < -0.39 is 10.0 Å². The Labute approximate surface area is 158 Å². The maximum absolute atomic E-state index is 12.8. The highest BCUT2D eigenvalue weighted by Crippen LogP contribution is 2.21. The van der Waals surface area contributed by atoms with Gasteiger partial charge in [0.2, 0.25) is 10.0 Å². The highest BCUT2D eigenvalue weighted by molar-refractivity contribution is 7.89. The number of aromatic nitrogens is 2. The summed E-state index contributed by atoms with van der Waals surface area (Å²) in [5.41, 5.74) is 2.09. The van der Waals surface area contributed by atoms with Crippen LogP contribution in [0, 0.1) is 13.8 Å². The van der Waals surface area contributed by atoms with Crippen molar-refractivity contribution in [3.8, 4) is 0 Å². The fraction of sp³-hybridized carbons (Fsp3) is 0.412. The lowest BCUT2D eigenvalue weighted by Gasteiger charge is -2.34. The highest BCUT2D eigenvalue weighted by Gasteiger charge is 2.31. The van der Waals surface area contributed by atoms with Gasteiger partial charge in [0.15, 0.2) is 0 Å². The number of halogens is 1. The Kier molecular flexibility index (Phi) is 5.09. The highest BCUT2D eigenvalue weighted by atomic mass is 35.5. The SMILES string of the molecule is Cc1nn(C)c(C)c1C(=O)N1CCN(S(=O)(=O)c2ccc(Cl)cc2)CC1. The molecule has 2 aromatic rings. The summed E-state index contributed by atoms with van der Waals surface area (Å²) in [6.45, 7) is 4.87. The van der Waals surface area contributed by atoms with Gasteiger partial charge in [0.05, 0.1) is 16.2 Å². The van der Waals surface area contributed by atoms with E-state index in [0.717, 1.165) is 5.69 Å². The van der Waals surface area contributed by atoms with Gasteiger partial charge in [-0.2, -0.15) is 9.40 Å². The third kappa shape index (κ3) is 3.36. The quantitative estimate of drug-likeness (QED) is 0.793. The summed E-state index contributed by atoms with van der Waals surface area (Å²) < 4.78 is 28.5. The lowest BCUT2D eigenvalue weighted by molar-refractivity contribution is 0.0696. The van der Waals surface area contributed by atoms with Crippen LogP contribution in [0.2, 0.25) is 5.02 Å². The van der Waals surface area contributed by atoms with Gasteiger partial charge in [-0.15, -0.1) is 0 Å². The van der Waals surface area contributed by atoms with Gasteiger partial charge in [-0.05, 0) is 38.1 Å². The summed E-state index contributed by atoms with van der Waals surface area (Å²) in [6.07, 6.45) is 0. The Morgan fingerprint density at radius 1 is 1.08 bits per heavy atom. The van der Waals surface area contributed by atoms with Crippen LogP contribution in [0.1, 0.15) is 21.7 Å². The molecule has 0 saturated carbocycles. The van der Waals surface area contributed by atoms with E-state index in [4.69, 9.17) is 11.6 Å². The fourth-order valence-corrected chi connectivity index (χ4v) is 4.68. The van der Waals surface area contributed by atoms with Crippen LogP contribution in [0.15, 0.2) is 29.2 Å². The number of carbonyl (C=O) groups excluding carboxylic acids is 1. The number of aryl methyl sites for hydroxylation is 2. The first-order valence-corrected chi connectivity index (χ1v) is 10.1. The second-order valence-corrected chi connectivity index (χ2v) is 8.69. The van der Waals surface area contributed by atoms with E-state index in [2.05, 4.69) is 5.10 Å². The first-order valence-electron chi connectivity index (χ1n) is 8.27. The molecular formula is C17H21ClN4O3S. The van der Waals surface area contributed by atoms with Gasteiger partial charge in [0, 0.05) is 43.9 Å². The molecule has 0 aliphatic carbocycles. The molecule has 1 amide bonds. The van der Waals surface area contributed by atoms with E-state index in [9.17, 15) is 13.2 Å². The van der Waals surface area contributed by atoms with Crippen molar-refractivity contribution in [2.45, 2.75) is 18.7 Å². The first-order chi connectivity index (χ1) is 12.2. The van der Waals surface area contributed by atoms with Crippen LogP contribution in [0.4, 0.5) is 0 Å². The molecule has 0 radical (unpaired) electrons. The molecule has 3 rings (SSSR count). The summed E-state index contributed by atoms with van der Waals surface area (Å²) in [5, 5.41) is 4.77. The van der Waals surface area contributed by atoms with Gasteiger partial charge in [-0.25, -0.2) is 8.42 Å². The molecule has 1 fully saturated rings. The zero-order chi connectivity index (χ0) is 19.1. The third-order valence-corrected chi connectivity index (χ3v) is 6.86. The van der Waals surface area contributed by atoms with Crippen molar-refractivity contribution >= 4 is 27.5 Å². The third-order valence-electron chi connectivity index (χ3n) is 4.70. The van der Waals surface area contributed by atoms with Crippen LogP contribution in [-0.4, -0.2) is 59.5 Å². The van der Waals surface area contributed by atoms with E-state index in [1.54, 1.807) is 28.8 Å². The van der Waals surface area contributed by atoms with Crippen LogP contribution in [-0.2, 0) is 17.1 Å². The molecule has 9 heteroatoms. The Morgan fingerprint density at radius 2 is 1.65 bits per heavy atom. The van der Waals surface area contributed by atoms with Crippen LogP contribution in [0.25, 0.3) is 0 Å². The van der Waals surface area contributed by atoms with Gasteiger partial charge >= 0.3 is 0 Å². The van der Waals surface area contributed by atoms with Crippen molar-refractivity contribution in [2.24, 2.45) is 7.05 Å². The molecule has 7 nitrogen and oxygen atoms in total. The maximum atomic E-state index is 12.8.